The molecule has 36 heavy (non-hydrogen) atoms. The summed E-state index contributed by atoms with van der Waals surface area (Å²) < 4.78 is 31.6. The molecule has 0 saturated carbocycles. The van der Waals surface area contributed by atoms with E-state index in [9.17, 15) is 22.8 Å². The molecular formula is C26H25ClN2O6S. The van der Waals surface area contributed by atoms with Crippen molar-refractivity contribution in [1.82, 2.24) is 4.31 Å². The molecule has 0 atom stereocenters. The minimum absolute atomic E-state index is 0.0243. The molecule has 0 aliphatic rings. The maximum Gasteiger partial charge on any atom is 0.339 e. The normalized spacial score (nSPS) is 11.2. The molecule has 3 aromatic rings. The number of amides is 1. The fourth-order valence-corrected chi connectivity index (χ4v) is 5.03. The molecule has 0 unspecified atom stereocenters. The number of carbonyl (C=O) groups excluding carboxylic acids is 3. The van der Waals surface area contributed by atoms with Crippen LogP contribution in [0.2, 0.25) is 5.02 Å². The van der Waals surface area contributed by atoms with Gasteiger partial charge in [0, 0.05) is 34.9 Å². The molecule has 8 nitrogen and oxygen atoms in total. The highest BCUT2D eigenvalue weighted by atomic mass is 35.5. The topological polar surface area (TPSA) is 110 Å². The zero-order valence-corrected chi connectivity index (χ0v) is 21.3. The molecule has 3 rings (SSSR count). The summed E-state index contributed by atoms with van der Waals surface area (Å²) in [6, 6.07) is 18.1. The number of anilines is 1. The first-order valence-electron chi connectivity index (χ1n) is 11.1. The van der Waals surface area contributed by atoms with Gasteiger partial charge in [-0.3, -0.25) is 9.59 Å². The van der Waals surface area contributed by atoms with E-state index in [4.69, 9.17) is 16.3 Å². The molecule has 1 amide bonds. The zero-order chi connectivity index (χ0) is 26.3. The molecule has 10 heteroatoms. The second kappa shape index (κ2) is 11.9. The lowest BCUT2D eigenvalue weighted by atomic mass is 9.98. The number of nitrogens with one attached hydrogen (secondary N) is 1. The van der Waals surface area contributed by atoms with Crippen LogP contribution in [0, 0.1) is 0 Å². The van der Waals surface area contributed by atoms with Crippen molar-refractivity contribution < 1.29 is 27.5 Å². The van der Waals surface area contributed by atoms with E-state index in [1.54, 1.807) is 50.2 Å². The van der Waals surface area contributed by atoms with Crippen molar-refractivity contribution >= 4 is 45.0 Å². The number of nitrogens with zero attached hydrogens (tertiary/aromatic N) is 1. The molecule has 0 aliphatic carbocycles. The van der Waals surface area contributed by atoms with E-state index in [-0.39, 0.29) is 21.8 Å². The molecule has 0 aliphatic heterocycles. The Morgan fingerprint density at radius 3 is 2.03 bits per heavy atom. The second-order valence-electron chi connectivity index (χ2n) is 7.62. The lowest BCUT2D eigenvalue weighted by Gasteiger charge is -2.18. The van der Waals surface area contributed by atoms with Crippen molar-refractivity contribution in [3.63, 3.8) is 0 Å². The number of sulfonamides is 1. The fourth-order valence-electron chi connectivity index (χ4n) is 3.44. The van der Waals surface area contributed by atoms with Crippen LogP contribution in [0.3, 0.4) is 0 Å². The van der Waals surface area contributed by atoms with Crippen LogP contribution >= 0.6 is 11.6 Å². The number of benzene rings is 3. The van der Waals surface area contributed by atoms with Crippen LogP contribution in [0.1, 0.15) is 40.1 Å². The molecule has 3 aromatic carbocycles. The number of ether oxygens (including phenoxy) is 1. The molecule has 0 radical (unpaired) electrons. The van der Waals surface area contributed by atoms with Gasteiger partial charge in [0.15, 0.2) is 12.4 Å². The predicted molar refractivity (Wildman–Crippen MR) is 137 cm³/mol. The Morgan fingerprint density at radius 2 is 1.44 bits per heavy atom. The summed E-state index contributed by atoms with van der Waals surface area (Å²) in [5, 5.41) is 3.03. The summed E-state index contributed by atoms with van der Waals surface area (Å²) in [4.78, 5) is 37.9. The lowest BCUT2D eigenvalue weighted by Crippen LogP contribution is -2.30. The molecule has 0 fully saturated rings. The molecule has 0 heterocycles. The van der Waals surface area contributed by atoms with Crippen LogP contribution in [0.25, 0.3) is 0 Å². The minimum Gasteiger partial charge on any atom is -0.452 e. The van der Waals surface area contributed by atoms with Gasteiger partial charge in [0.05, 0.1) is 10.5 Å². The van der Waals surface area contributed by atoms with Gasteiger partial charge >= 0.3 is 5.97 Å². The highest BCUT2D eigenvalue weighted by molar-refractivity contribution is 7.89. The van der Waals surface area contributed by atoms with E-state index in [2.05, 4.69) is 5.32 Å². The van der Waals surface area contributed by atoms with E-state index in [0.717, 1.165) is 0 Å². The molecular weight excluding hydrogens is 504 g/mol. The third-order valence-electron chi connectivity index (χ3n) is 5.31. The molecule has 1 N–H and O–H groups in total. The van der Waals surface area contributed by atoms with Crippen molar-refractivity contribution in [3.8, 4) is 0 Å². The highest BCUT2D eigenvalue weighted by Gasteiger charge is 2.22. The molecule has 188 valence electrons. The Morgan fingerprint density at radius 1 is 0.861 bits per heavy atom. The smallest absolute Gasteiger partial charge is 0.339 e. The molecule has 0 saturated heterocycles. The number of esters is 1. The maximum atomic E-state index is 12.9. The standard InChI is InChI=1S/C26H25ClN2O6S/c1-3-29(4-2)36(33,34)21-15-13-20(14-16-21)28-24(30)17-35-26(32)23-8-6-5-7-22(23)25(31)18-9-11-19(27)12-10-18/h5-16H,3-4,17H2,1-2H3,(H,28,30). The fraction of sp³-hybridized carbons (Fsp3) is 0.192. The van der Waals surface area contributed by atoms with Gasteiger partial charge in [-0.05, 0) is 54.6 Å². The number of rotatable bonds is 10. The Labute approximate surface area is 214 Å². The van der Waals surface area contributed by atoms with Crippen LogP contribution in [-0.4, -0.2) is 50.1 Å². The van der Waals surface area contributed by atoms with Crippen LogP contribution in [-0.2, 0) is 19.6 Å². The van der Waals surface area contributed by atoms with Gasteiger partial charge in [0.1, 0.15) is 0 Å². The average molecular weight is 529 g/mol. The van der Waals surface area contributed by atoms with Crippen LogP contribution in [0.15, 0.2) is 77.7 Å². The van der Waals surface area contributed by atoms with Crippen LogP contribution in [0.5, 0.6) is 0 Å². The van der Waals surface area contributed by atoms with E-state index in [0.29, 0.717) is 29.4 Å². The van der Waals surface area contributed by atoms with E-state index in [1.807, 2.05) is 0 Å². The van der Waals surface area contributed by atoms with Crippen LogP contribution < -0.4 is 5.32 Å². The second-order valence-corrected chi connectivity index (χ2v) is 9.99. The first-order chi connectivity index (χ1) is 17.2. The Kier molecular flexibility index (Phi) is 8.98. The average Bonchev–Trinajstić information content (AvgIpc) is 2.88. The van der Waals surface area contributed by atoms with E-state index < -0.39 is 28.5 Å². The zero-order valence-electron chi connectivity index (χ0n) is 19.7. The van der Waals surface area contributed by atoms with Gasteiger partial charge in [-0.1, -0.05) is 43.6 Å². The SMILES string of the molecule is CCN(CC)S(=O)(=O)c1ccc(NC(=O)COC(=O)c2ccccc2C(=O)c2ccc(Cl)cc2)cc1. The van der Waals surface area contributed by atoms with Gasteiger partial charge in [-0.2, -0.15) is 4.31 Å². The minimum atomic E-state index is -3.61. The summed E-state index contributed by atoms with van der Waals surface area (Å²) >= 11 is 5.87. The van der Waals surface area contributed by atoms with Gasteiger partial charge in [0.25, 0.3) is 5.91 Å². The lowest BCUT2D eigenvalue weighted by molar-refractivity contribution is -0.119. The Hall–Kier alpha value is -3.53. The molecule has 0 aromatic heterocycles. The van der Waals surface area contributed by atoms with Crippen molar-refractivity contribution in [1.29, 1.82) is 0 Å². The summed E-state index contributed by atoms with van der Waals surface area (Å²) in [6.07, 6.45) is 0. The van der Waals surface area contributed by atoms with Crippen LogP contribution in [0.4, 0.5) is 5.69 Å². The van der Waals surface area contributed by atoms with Gasteiger partial charge in [-0.25, -0.2) is 13.2 Å². The summed E-state index contributed by atoms with van der Waals surface area (Å²) in [7, 11) is -3.61. The molecule has 0 bridgehead atoms. The first-order valence-corrected chi connectivity index (χ1v) is 13.0. The third-order valence-corrected chi connectivity index (χ3v) is 7.63. The maximum absolute atomic E-state index is 12.9. The summed E-state index contributed by atoms with van der Waals surface area (Å²) in [5.74, 6) is -1.84. The van der Waals surface area contributed by atoms with Crippen molar-refractivity contribution in [2.75, 3.05) is 25.0 Å². The van der Waals surface area contributed by atoms with E-state index in [1.165, 1.54) is 40.7 Å². The number of hydrogen-bond acceptors (Lipinski definition) is 6. The largest absolute Gasteiger partial charge is 0.452 e. The van der Waals surface area contributed by atoms with Gasteiger partial charge < -0.3 is 10.1 Å². The predicted octanol–water partition coefficient (Wildman–Crippen LogP) is 4.40. The van der Waals surface area contributed by atoms with Gasteiger partial charge in [-0.15, -0.1) is 0 Å². The number of halogens is 1. The van der Waals surface area contributed by atoms with E-state index >= 15 is 0 Å². The number of hydrogen-bond donors (Lipinski definition) is 1. The first kappa shape index (κ1) is 27.1. The quantitative estimate of drug-likeness (QED) is 0.308. The Balaban J connectivity index is 1.64. The van der Waals surface area contributed by atoms with Crippen molar-refractivity contribution in [3.05, 3.63) is 94.5 Å². The Bertz CT molecular complexity index is 1350. The number of ketones is 1. The van der Waals surface area contributed by atoms with Crippen molar-refractivity contribution in [2.24, 2.45) is 0 Å². The summed E-state index contributed by atoms with van der Waals surface area (Å²) in [5.41, 5.74) is 0.850. The van der Waals surface area contributed by atoms with Crippen molar-refractivity contribution in [2.45, 2.75) is 18.7 Å². The van der Waals surface area contributed by atoms with Gasteiger partial charge in [0.2, 0.25) is 10.0 Å². The molecule has 0 spiro atoms. The highest BCUT2D eigenvalue weighted by Crippen LogP contribution is 2.19. The summed E-state index contributed by atoms with van der Waals surface area (Å²) in [6.45, 7) is 3.60. The number of carbonyl (C=O) groups is 3. The third kappa shape index (κ3) is 6.37. The monoisotopic (exact) mass is 528 g/mol.